The number of nitrogens with one attached hydrogen (secondary N) is 2. The van der Waals surface area contributed by atoms with Crippen LogP contribution in [0.25, 0.3) is 5.69 Å². The second kappa shape index (κ2) is 10.4. The molecule has 1 amide bonds. The van der Waals surface area contributed by atoms with Gasteiger partial charge in [0, 0.05) is 6.54 Å². The molecule has 0 fully saturated rings. The second-order valence-corrected chi connectivity index (χ2v) is 9.07. The normalized spacial score (nSPS) is 11.6. The van der Waals surface area contributed by atoms with Crippen LogP contribution in [0.4, 0.5) is 11.4 Å². The Balaban J connectivity index is 1.64. The molecule has 184 valence electrons. The predicted octanol–water partition coefficient (Wildman–Crippen LogP) is 3.51. The van der Waals surface area contributed by atoms with E-state index in [0.29, 0.717) is 12.1 Å². The summed E-state index contributed by atoms with van der Waals surface area (Å²) < 4.78 is 32.9. The van der Waals surface area contributed by atoms with Crippen LogP contribution >= 0.6 is 0 Å². The topological polar surface area (TPSA) is 166 Å². The van der Waals surface area contributed by atoms with Gasteiger partial charge in [0.2, 0.25) is 0 Å². The number of hydrogen-bond acceptors (Lipinski definition) is 7. The molecule has 0 aliphatic heterocycles. The van der Waals surface area contributed by atoms with E-state index < -0.39 is 21.6 Å². The molecule has 36 heavy (non-hydrogen) atoms. The molecule has 0 aliphatic carbocycles. The van der Waals surface area contributed by atoms with Gasteiger partial charge in [0.1, 0.15) is 5.75 Å². The molecule has 4 aromatic rings. The molecule has 0 saturated carbocycles. The van der Waals surface area contributed by atoms with Gasteiger partial charge in [-0.3, -0.25) is 19.2 Å². The second-order valence-electron chi connectivity index (χ2n) is 7.65. The van der Waals surface area contributed by atoms with E-state index in [0.717, 1.165) is 22.4 Å². The number of nitrogens with zero attached hydrogens (tertiary/aromatic N) is 3. The van der Waals surface area contributed by atoms with Gasteiger partial charge < -0.3 is 10.4 Å². The lowest BCUT2D eigenvalue weighted by atomic mass is 10.1. The molecule has 1 aromatic heterocycles. The molecule has 0 spiro atoms. The van der Waals surface area contributed by atoms with Crippen LogP contribution in [-0.2, 0) is 16.5 Å². The molecule has 0 bridgehead atoms. The fourth-order valence-electron chi connectivity index (χ4n) is 3.30. The molecule has 0 aliphatic rings. The Labute approximate surface area is 205 Å². The van der Waals surface area contributed by atoms with E-state index >= 15 is 0 Å². The molecule has 3 aromatic carbocycles. The molecular formula is C24H21N5O6S. The maximum Gasteiger partial charge on any atom is 0.299 e. The van der Waals surface area contributed by atoms with Gasteiger partial charge >= 0.3 is 0 Å². The van der Waals surface area contributed by atoms with Gasteiger partial charge in [0.15, 0.2) is 11.4 Å². The number of phenolic OH excluding ortho intramolecular Hbond substituents is 1. The maximum absolute atomic E-state index is 13.1. The summed E-state index contributed by atoms with van der Waals surface area (Å²) in [5.41, 5.74) is 0.525. The van der Waals surface area contributed by atoms with Crippen LogP contribution in [0.15, 0.2) is 98.8 Å². The quantitative estimate of drug-likeness (QED) is 0.210. The first kappa shape index (κ1) is 24.6. The highest BCUT2D eigenvalue weighted by Gasteiger charge is 2.21. The Morgan fingerprint density at radius 3 is 2.25 bits per heavy atom. The van der Waals surface area contributed by atoms with E-state index in [1.54, 1.807) is 54.6 Å². The zero-order chi connectivity index (χ0) is 25.7. The number of aromatic hydroxyl groups is 1. The van der Waals surface area contributed by atoms with E-state index in [9.17, 15) is 27.7 Å². The minimum absolute atomic E-state index is 0.135. The number of phenols is 1. The number of amides is 1. The van der Waals surface area contributed by atoms with E-state index in [2.05, 4.69) is 20.6 Å². The van der Waals surface area contributed by atoms with Crippen molar-refractivity contribution >= 4 is 27.4 Å². The molecule has 1 heterocycles. The standard InChI is InChI=1S/C24H21N5O6S/c30-19-10-6-16(7-11-19)14-15-25-23(31)21-22(27-26-17-4-2-1-3-5-17)24(32)29(28-21)18-8-12-20(13-9-18)36(33,34)35/h1-13,28,30H,14-15H2,(H,25,31)(H,33,34,35). The van der Waals surface area contributed by atoms with Crippen LogP contribution in [0, 0.1) is 0 Å². The molecule has 12 heteroatoms. The number of carbonyl (C=O) groups is 1. The lowest BCUT2D eigenvalue weighted by Crippen LogP contribution is -2.26. The van der Waals surface area contributed by atoms with Crippen LogP contribution in [0.2, 0.25) is 0 Å². The van der Waals surface area contributed by atoms with Crippen molar-refractivity contribution in [3.8, 4) is 11.4 Å². The third-order valence-corrected chi connectivity index (χ3v) is 6.01. The number of hydrogen-bond donors (Lipinski definition) is 4. The van der Waals surface area contributed by atoms with Crippen molar-refractivity contribution in [2.45, 2.75) is 11.3 Å². The smallest absolute Gasteiger partial charge is 0.299 e. The Kier molecular flexibility index (Phi) is 7.08. The van der Waals surface area contributed by atoms with E-state index in [1.165, 1.54) is 12.1 Å². The summed E-state index contributed by atoms with van der Waals surface area (Å²) in [5, 5.41) is 22.9. The average Bonchev–Trinajstić information content (AvgIpc) is 3.20. The Bertz CT molecular complexity index is 1560. The van der Waals surface area contributed by atoms with Crippen LogP contribution < -0.4 is 10.9 Å². The fraction of sp³-hybridized carbons (Fsp3) is 0.0833. The number of rotatable bonds is 8. The van der Waals surface area contributed by atoms with Gasteiger partial charge in [-0.25, -0.2) is 4.68 Å². The minimum atomic E-state index is -4.41. The summed E-state index contributed by atoms with van der Waals surface area (Å²) in [7, 11) is -4.41. The van der Waals surface area contributed by atoms with Gasteiger partial charge in [-0.2, -0.15) is 13.5 Å². The zero-order valence-corrected chi connectivity index (χ0v) is 19.5. The van der Waals surface area contributed by atoms with E-state index in [1.807, 2.05) is 0 Å². The molecule has 0 radical (unpaired) electrons. The largest absolute Gasteiger partial charge is 0.508 e. The van der Waals surface area contributed by atoms with Crippen molar-refractivity contribution in [2.24, 2.45) is 10.2 Å². The molecule has 0 saturated heterocycles. The summed E-state index contributed by atoms with van der Waals surface area (Å²) >= 11 is 0. The van der Waals surface area contributed by atoms with Crippen molar-refractivity contribution in [1.29, 1.82) is 0 Å². The lowest BCUT2D eigenvalue weighted by molar-refractivity contribution is 0.0949. The van der Waals surface area contributed by atoms with Crippen molar-refractivity contribution < 1.29 is 22.9 Å². The number of benzene rings is 3. The lowest BCUT2D eigenvalue weighted by Gasteiger charge is -2.05. The monoisotopic (exact) mass is 507 g/mol. The molecule has 0 unspecified atom stereocenters. The summed E-state index contributed by atoms with van der Waals surface area (Å²) in [4.78, 5) is 25.7. The number of aromatic nitrogens is 2. The fourth-order valence-corrected chi connectivity index (χ4v) is 3.78. The molecule has 4 rings (SSSR count). The van der Waals surface area contributed by atoms with Crippen LogP contribution in [0.3, 0.4) is 0 Å². The SMILES string of the molecule is O=C(NCCc1ccc(O)cc1)c1[nH]n(-c2ccc(S(=O)(=O)O)cc2)c(=O)c1N=Nc1ccccc1. The number of azo groups is 1. The maximum atomic E-state index is 13.1. The molecule has 0 atom stereocenters. The summed E-state index contributed by atoms with van der Waals surface area (Å²) in [6, 6.07) is 20.1. The van der Waals surface area contributed by atoms with Crippen molar-refractivity contribution in [3.63, 3.8) is 0 Å². The zero-order valence-electron chi connectivity index (χ0n) is 18.7. The molecule has 11 nitrogen and oxygen atoms in total. The number of aromatic amines is 1. The van der Waals surface area contributed by atoms with Gasteiger partial charge in [0.25, 0.3) is 21.6 Å². The van der Waals surface area contributed by atoms with Gasteiger partial charge in [-0.05, 0) is 60.5 Å². The van der Waals surface area contributed by atoms with Crippen LogP contribution in [-0.4, -0.2) is 40.3 Å². The van der Waals surface area contributed by atoms with Crippen molar-refractivity contribution in [1.82, 2.24) is 15.1 Å². The van der Waals surface area contributed by atoms with Crippen LogP contribution in [0.5, 0.6) is 5.75 Å². The van der Waals surface area contributed by atoms with Crippen molar-refractivity contribution in [2.75, 3.05) is 6.54 Å². The Hall–Kier alpha value is -4.55. The molecular weight excluding hydrogens is 486 g/mol. The third kappa shape index (κ3) is 5.74. The highest BCUT2D eigenvalue weighted by molar-refractivity contribution is 7.85. The summed E-state index contributed by atoms with van der Waals surface area (Å²) in [6.07, 6.45) is 0.481. The summed E-state index contributed by atoms with van der Waals surface area (Å²) in [6.45, 7) is 0.245. The van der Waals surface area contributed by atoms with E-state index in [-0.39, 0.29) is 34.3 Å². The van der Waals surface area contributed by atoms with Gasteiger partial charge in [0.05, 0.1) is 16.3 Å². The Morgan fingerprint density at radius 1 is 0.944 bits per heavy atom. The first-order valence-corrected chi connectivity index (χ1v) is 12.1. The minimum Gasteiger partial charge on any atom is -0.508 e. The molecule has 4 N–H and O–H groups in total. The van der Waals surface area contributed by atoms with Gasteiger partial charge in [-0.15, -0.1) is 5.11 Å². The Morgan fingerprint density at radius 2 is 1.61 bits per heavy atom. The van der Waals surface area contributed by atoms with Gasteiger partial charge in [-0.1, -0.05) is 30.3 Å². The average molecular weight is 508 g/mol. The van der Waals surface area contributed by atoms with Crippen molar-refractivity contribution in [3.05, 3.63) is 100 Å². The highest BCUT2D eigenvalue weighted by Crippen LogP contribution is 2.20. The van der Waals surface area contributed by atoms with Crippen LogP contribution in [0.1, 0.15) is 16.1 Å². The predicted molar refractivity (Wildman–Crippen MR) is 131 cm³/mol. The third-order valence-electron chi connectivity index (χ3n) is 5.14. The first-order valence-electron chi connectivity index (χ1n) is 10.7. The highest BCUT2D eigenvalue weighted by atomic mass is 32.2. The number of H-pyrrole nitrogens is 1. The first-order chi connectivity index (χ1) is 17.2. The summed E-state index contributed by atoms with van der Waals surface area (Å²) in [5.74, 6) is -0.457. The van der Waals surface area contributed by atoms with E-state index in [4.69, 9.17) is 0 Å². The number of carbonyl (C=O) groups excluding carboxylic acids is 1.